The van der Waals surface area contributed by atoms with Gasteiger partial charge in [-0.25, -0.2) is 4.39 Å². The molecule has 0 radical (unpaired) electrons. The molecule has 0 aromatic heterocycles. The molecule has 2 rings (SSSR count). The second kappa shape index (κ2) is 8.06. The largest absolute Gasteiger partial charge is 0.389 e. The number of aliphatic hydroxyl groups is 1. The Morgan fingerprint density at radius 2 is 1.87 bits per heavy atom. The van der Waals surface area contributed by atoms with Crippen LogP contribution in [0.5, 0.6) is 0 Å². The average Bonchev–Trinajstić information content (AvgIpc) is 2.92. The third-order valence-electron chi connectivity index (χ3n) is 4.07. The van der Waals surface area contributed by atoms with Crippen molar-refractivity contribution in [3.63, 3.8) is 0 Å². The van der Waals surface area contributed by atoms with Crippen molar-refractivity contribution < 1.29 is 19.1 Å². The molecule has 1 aromatic rings. The maximum absolute atomic E-state index is 13.0. The lowest BCUT2D eigenvalue weighted by atomic mass is 9.98. The van der Waals surface area contributed by atoms with Crippen LogP contribution in [0.25, 0.3) is 0 Å². The molecule has 3 N–H and O–H groups in total. The van der Waals surface area contributed by atoms with Crippen LogP contribution < -0.4 is 10.6 Å². The number of benzene rings is 1. The Labute approximate surface area is 135 Å². The van der Waals surface area contributed by atoms with Gasteiger partial charge in [-0.1, -0.05) is 18.9 Å². The Balaban J connectivity index is 1.60. The minimum absolute atomic E-state index is 0.142. The van der Waals surface area contributed by atoms with E-state index >= 15 is 0 Å². The van der Waals surface area contributed by atoms with Gasteiger partial charge in [-0.2, -0.15) is 0 Å². The van der Waals surface area contributed by atoms with E-state index in [-0.39, 0.29) is 23.8 Å². The van der Waals surface area contributed by atoms with E-state index in [0.29, 0.717) is 32.4 Å². The molecule has 0 spiro atoms. The van der Waals surface area contributed by atoms with Crippen LogP contribution >= 0.6 is 0 Å². The number of carbonyl (C=O) groups excluding carboxylic acids is 2. The van der Waals surface area contributed by atoms with Crippen LogP contribution in [-0.4, -0.2) is 35.6 Å². The molecule has 1 aliphatic rings. The van der Waals surface area contributed by atoms with Crippen LogP contribution in [0.4, 0.5) is 4.39 Å². The molecule has 0 aliphatic heterocycles. The highest BCUT2D eigenvalue weighted by atomic mass is 19.1. The molecule has 126 valence electrons. The quantitative estimate of drug-likeness (QED) is 0.669. The molecule has 6 heteroatoms. The van der Waals surface area contributed by atoms with Gasteiger partial charge in [0.05, 0.1) is 12.0 Å². The van der Waals surface area contributed by atoms with Crippen LogP contribution in [0.1, 0.15) is 48.9 Å². The topological polar surface area (TPSA) is 78.4 Å². The SMILES string of the molecule is O=C(CC1(O)CCCC1)NCCCNC(=O)c1cccc(F)c1. The zero-order valence-electron chi connectivity index (χ0n) is 13.1. The molecule has 0 unspecified atom stereocenters. The molecule has 0 heterocycles. The van der Waals surface area contributed by atoms with Crippen molar-refractivity contribution in [3.8, 4) is 0 Å². The standard InChI is InChI=1S/C17H23FN2O3/c18-14-6-3-5-13(11-14)16(22)20-10-4-9-19-15(21)12-17(23)7-1-2-8-17/h3,5-6,11,23H,1-2,4,7-10,12H2,(H,19,21)(H,20,22). The molecule has 1 aromatic carbocycles. The summed E-state index contributed by atoms with van der Waals surface area (Å²) in [7, 11) is 0. The van der Waals surface area contributed by atoms with Gasteiger partial charge >= 0.3 is 0 Å². The summed E-state index contributed by atoms with van der Waals surface area (Å²) in [6, 6.07) is 5.49. The lowest BCUT2D eigenvalue weighted by Gasteiger charge is -2.21. The monoisotopic (exact) mass is 322 g/mol. The number of rotatable bonds is 7. The summed E-state index contributed by atoms with van der Waals surface area (Å²) in [5.74, 6) is -0.947. The summed E-state index contributed by atoms with van der Waals surface area (Å²) in [6.45, 7) is 0.818. The molecule has 2 amide bonds. The highest BCUT2D eigenvalue weighted by molar-refractivity contribution is 5.94. The zero-order chi connectivity index (χ0) is 16.7. The third-order valence-corrected chi connectivity index (χ3v) is 4.07. The van der Waals surface area contributed by atoms with Gasteiger partial charge in [-0.05, 0) is 37.5 Å². The maximum atomic E-state index is 13.0. The van der Waals surface area contributed by atoms with Gasteiger partial charge in [0.25, 0.3) is 5.91 Å². The molecular weight excluding hydrogens is 299 g/mol. The molecule has 0 atom stereocenters. The van der Waals surface area contributed by atoms with E-state index in [1.54, 1.807) is 6.07 Å². The first-order valence-corrected chi connectivity index (χ1v) is 8.01. The fourth-order valence-electron chi connectivity index (χ4n) is 2.82. The van der Waals surface area contributed by atoms with E-state index in [0.717, 1.165) is 12.8 Å². The highest BCUT2D eigenvalue weighted by Crippen LogP contribution is 2.32. The normalized spacial score (nSPS) is 16.1. The van der Waals surface area contributed by atoms with Crippen molar-refractivity contribution in [1.29, 1.82) is 0 Å². The van der Waals surface area contributed by atoms with Gasteiger partial charge in [0.2, 0.25) is 5.91 Å². The summed E-state index contributed by atoms with van der Waals surface area (Å²) in [5.41, 5.74) is -0.562. The minimum Gasteiger partial charge on any atom is -0.389 e. The molecule has 23 heavy (non-hydrogen) atoms. The Morgan fingerprint density at radius 3 is 2.57 bits per heavy atom. The van der Waals surface area contributed by atoms with E-state index in [1.807, 2.05) is 0 Å². The molecule has 0 bridgehead atoms. The first-order valence-electron chi connectivity index (χ1n) is 8.01. The first kappa shape index (κ1) is 17.4. The zero-order valence-corrected chi connectivity index (χ0v) is 13.1. The fourth-order valence-corrected chi connectivity index (χ4v) is 2.82. The van der Waals surface area contributed by atoms with Crippen molar-refractivity contribution in [2.75, 3.05) is 13.1 Å². The Morgan fingerprint density at radius 1 is 1.17 bits per heavy atom. The molecule has 1 aliphatic carbocycles. The van der Waals surface area contributed by atoms with Crippen LogP contribution in [0.2, 0.25) is 0 Å². The lowest BCUT2D eigenvalue weighted by molar-refractivity contribution is -0.125. The van der Waals surface area contributed by atoms with E-state index in [4.69, 9.17) is 0 Å². The number of hydrogen-bond acceptors (Lipinski definition) is 3. The molecule has 1 saturated carbocycles. The number of halogens is 1. The van der Waals surface area contributed by atoms with Crippen molar-refractivity contribution >= 4 is 11.8 Å². The van der Waals surface area contributed by atoms with Gasteiger partial charge in [0, 0.05) is 18.7 Å². The van der Waals surface area contributed by atoms with Crippen molar-refractivity contribution in [2.45, 2.75) is 44.1 Å². The van der Waals surface area contributed by atoms with Crippen LogP contribution in [-0.2, 0) is 4.79 Å². The fraction of sp³-hybridized carbons (Fsp3) is 0.529. The van der Waals surface area contributed by atoms with E-state index < -0.39 is 11.4 Å². The summed E-state index contributed by atoms with van der Waals surface area (Å²) >= 11 is 0. The van der Waals surface area contributed by atoms with Gasteiger partial charge in [0.15, 0.2) is 0 Å². The highest BCUT2D eigenvalue weighted by Gasteiger charge is 2.33. The van der Waals surface area contributed by atoms with E-state index in [1.165, 1.54) is 18.2 Å². The van der Waals surface area contributed by atoms with Crippen molar-refractivity contribution in [1.82, 2.24) is 10.6 Å². The molecule has 1 fully saturated rings. The predicted octanol–water partition coefficient (Wildman–Crippen LogP) is 1.76. The lowest BCUT2D eigenvalue weighted by Crippen LogP contribution is -2.36. The van der Waals surface area contributed by atoms with Crippen LogP contribution in [0, 0.1) is 5.82 Å². The second-order valence-electron chi connectivity index (χ2n) is 6.08. The van der Waals surface area contributed by atoms with Gasteiger partial charge in [-0.15, -0.1) is 0 Å². The van der Waals surface area contributed by atoms with E-state index in [9.17, 15) is 19.1 Å². The summed E-state index contributed by atoms with van der Waals surface area (Å²) in [5, 5.41) is 15.6. The smallest absolute Gasteiger partial charge is 0.251 e. The Bertz CT molecular complexity index is 557. The predicted molar refractivity (Wildman–Crippen MR) is 84.4 cm³/mol. The molecular formula is C17H23FN2O3. The summed E-state index contributed by atoms with van der Waals surface area (Å²) in [4.78, 5) is 23.5. The van der Waals surface area contributed by atoms with Crippen LogP contribution in [0.15, 0.2) is 24.3 Å². The third kappa shape index (κ3) is 5.63. The minimum atomic E-state index is -0.838. The molecule has 5 nitrogen and oxygen atoms in total. The molecule has 0 saturated heterocycles. The number of nitrogens with one attached hydrogen (secondary N) is 2. The van der Waals surface area contributed by atoms with Gasteiger partial charge < -0.3 is 15.7 Å². The summed E-state index contributed by atoms with van der Waals surface area (Å²) in [6.07, 6.45) is 4.02. The van der Waals surface area contributed by atoms with Gasteiger partial charge in [0.1, 0.15) is 5.82 Å². The number of carbonyl (C=O) groups is 2. The maximum Gasteiger partial charge on any atom is 0.251 e. The van der Waals surface area contributed by atoms with Crippen molar-refractivity contribution in [3.05, 3.63) is 35.6 Å². The number of amides is 2. The van der Waals surface area contributed by atoms with Crippen molar-refractivity contribution in [2.24, 2.45) is 0 Å². The average molecular weight is 322 g/mol. The van der Waals surface area contributed by atoms with Crippen LogP contribution in [0.3, 0.4) is 0 Å². The second-order valence-corrected chi connectivity index (χ2v) is 6.08. The van der Waals surface area contributed by atoms with Gasteiger partial charge in [-0.3, -0.25) is 9.59 Å². The first-order chi connectivity index (χ1) is 11.0. The Hall–Kier alpha value is -1.95. The number of hydrogen-bond donors (Lipinski definition) is 3. The summed E-state index contributed by atoms with van der Waals surface area (Å²) < 4.78 is 13.0. The Kier molecular flexibility index (Phi) is 6.10. The van der Waals surface area contributed by atoms with E-state index in [2.05, 4.69) is 10.6 Å².